The molecule has 0 saturated carbocycles. The quantitative estimate of drug-likeness (QED) is 0.755. The van der Waals surface area contributed by atoms with E-state index in [2.05, 4.69) is 0 Å². The fourth-order valence-corrected chi connectivity index (χ4v) is 3.72. The van der Waals surface area contributed by atoms with E-state index in [1.165, 1.54) is 40.5 Å². The van der Waals surface area contributed by atoms with Gasteiger partial charge in [-0.25, -0.2) is 18.4 Å². The molecule has 116 valence electrons. The zero-order valence-electron chi connectivity index (χ0n) is 11.2. The minimum absolute atomic E-state index is 0.0946. The zero-order valence-corrected chi connectivity index (χ0v) is 12.9. The number of sulfonamides is 1. The van der Waals surface area contributed by atoms with Crippen LogP contribution in [0.5, 0.6) is 0 Å². The third kappa shape index (κ3) is 3.22. The number of carboxylic acid groups (broad SMARTS) is 1. The molecule has 1 unspecified atom stereocenters. The van der Waals surface area contributed by atoms with Gasteiger partial charge in [0.25, 0.3) is 5.91 Å². The van der Waals surface area contributed by atoms with E-state index in [0.717, 1.165) is 0 Å². The molecule has 21 heavy (non-hydrogen) atoms. The highest BCUT2D eigenvalue weighted by Gasteiger charge is 2.34. The molecule has 0 aliphatic carbocycles. The van der Waals surface area contributed by atoms with Crippen molar-refractivity contribution >= 4 is 33.7 Å². The summed E-state index contributed by atoms with van der Waals surface area (Å²) in [7, 11) is -2.40. The molecule has 1 aromatic heterocycles. The van der Waals surface area contributed by atoms with Crippen molar-refractivity contribution in [2.45, 2.75) is 10.9 Å². The second-order valence-corrected chi connectivity index (χ2v) is 7.36. The summed E-state index contributed by atoms with van der Waals surface area (Å²) in [6, 6.07) is 0.252. The van der Waals surface area contributed by atoms with Crippen molar-refractivity contribution < 1.29 is 23.1 Å². The number of primary sulfonamides is 1. The molecule has 0 radical (unpaired) electrons. The molecular weight excluding hydrogens is 318 g/mol. The van der Waals surface area contributed by atoms with Crippen LogP contribution in [0.1, 0.15) is 10.5 Å². The number of rotatable bonds is 3. The van der Waals surface area contributed by atoms with Gasteiger partial charge in [0.15, 0.2) is 0 Å². The fraction of sp³-hybridized carbons (Fsp3) is 0.455. The average molecular weight is 333 g/mol. The van der Waals surface area contributed by atoms with Crippen LogP contribution in [0.2, 0.25) is 0 Å². The van der Waals surface area contributed by atoms with Gasteiger partial charge >= 0.3 is 5.97 Å². The number of thioether (sulfide) groups is 1. The van der Waals surface area contributed by atoms with Crippen molar-refractivity contribution in [2.75, 3.05) is 18.1 Å². The van der Waals surface area contributed by atoms with Crippen LogP contribution in [0, 0.1) is 0 Å². The summed E-state index contributed by atoms with van der Waals surface area (Å²) in [6.07, 6.45) is 1.23. The first kappa shape index (κ1) is 15.9. The van der Waals surface area contributed by atoms with Gasteiger partial charge in [0, 0.05) is 31.3 Å². The molecule has 1 aromatic rings. The lowest BCUT2D eigenvalue weighted by molar-refractivity contribution is -0.141. The lowest BCUT2D eigenvalue weighted by atomic mass is 10.2. The fourth-order valence-electron chi connectivity index (χ4n) is 2.10. The Balaban J connectivity index is 2.35. The number of aryl methyl sites for hydroxylation is 1. The Labute approximate surface area is 126 Å². The van der Waals surface area contributed by atoms with Crippen LogP contribution in [0.4, 0.5) is 0 Å². The third-order valence-electron chi connectivity index (χ3n) is 3.20. The molecule has 0 aromatic carbocycles. The SMILES string of the molecule is Cn1cc(S(N)(=O)=O)cc1C(=O)N1CCSCC1C(=O)O. The van der Waals surface area contributed by atoms with E-state index in [-0.39, 0.29) is 10.6 Å². The first-order valence-corrected chi connectivity index (χ1v) is 8.72. The van der Waals surface area contributed by atoms with Gasteiger partial charge < -0.3 is 14.6 Å². The minimum Gasteiger partial charge on any atom is -0.480 e. The number of amides is 1. The summed E-state index contributed by atoms with van der Waals surface area (Å²) in [4.78, 5) is 24.8. The molecule has 2 heterocycles. The van der Waals surface area contributed by atoms with Gasteiger partial charge in [-0.3, -0.25) is 4.79 Å². The number of carbonyl (C=O) groups excluding carboxylic acids is 1. The van der Waals surface area contributed by atoms with Crippen LogP contribution >= 0.6 is 11.8 Å². The molecule has 2 rings (SSSR count). The Hall–Kier alpha value is -1.52. The van der Waals surface area contributed by atoms with Crippen molar-refractivity contribution in [3.05, 3.63) is 18.0 Å². The summed E-state index contributed by atoms with van der Waals surface area (Å²) >= 11 is 1.46. The molecule has 8 nitrogen and oxygen atoms in total. The summed E-state index contributed by atoms with van der Waals surface area (Å²) in [5.74, 6) is -0.633. The van der Waals surface area contributed by atoms with E-state index in [1.807, 2.05) is 0 Å². The number of aromatic nitrogens is 1. The van der Waals surface area contributed by atoms with Crippen molar-refractivity contribution in [1.29, 1.82) is 0 Å². The highest BCUT2D eigenvalue weighted by Crippen LogP contribution is 2.21. The van der Waals surface area contributed by atoms with Crippen LogP contribution in [0.3, 0.4) is 0 Å². The standard InChI is InChI=1S/C11H15N3O5S2/c1-13-5-7(21(12,18)19)4-8(13)10(15)14-2-3-20-6-9(14)11(16)17/h4-5,9H,2-3,6H2,1H3,(H,16,17)(H2,12,18,19). The van der Waals surface area contributed by atoms with Crippen LogP contribution in [0.15, 0.2) is 17.2 Å². The number of hydrogen-bond acceptors (Lipinski definition) is 5. The normalized spacial score (nSPS) is 19.5. The highest BCUT2D eigenvalue weighted by molar-refractivity contribution is 7.99. The number of carboxylic acids is 1. The first-order chi connectivity index (χ1) is 9.71. The van der Waals surface area contributed by atoms with E-state index < -0.39 is 27.9 Å². The molecule has 1 saturated heterocycles. The monoisotopic (exact) mass is 333 g/mol. The molecule has 1 amide bonds. The van der Waals surface area contributed by atoms with E-state index in [0.29, 0.717) is 18.1 Å². The molecule has 1 aliphatic rings. The second-order valence-electron chi connectivity index (χ2n) is 4.64. The average Bonchev–Trinajstić information content (AvgIpc) is 2.80. The number of nitrogens with two attached hydrogens (primary N) is 1. The van der Waals surface area contributed by atoms with Gasteiger partial charge in [-0.1, -0.05) is 0 Å². The molecular formula is C11H15N3O5S2. The molecule has 10 heteroatoms. The Kier molecular flexibility index (Phi) is 4.30. The zero-order chi connectivity index (χ0) is 15.8. The Morgan fingerprint density at radius 3 is 2.67 bits per heavy atom. The largest absolute Gasteiger partial charge is 0.480 e. The third-order valence-corrected chi connectivity index (χ3v) is 5.10. The Bertz CT molecular complexity index is 682. The van der Waals surface area contributed by atoms with E-state index in [1.54, 1.807) is 0 Å². The number of carbonyl (C=O) groups is 2. The number of aliphatic carboxylic acids is 1. The Morgan fingerprint density at radius 2 is 2.14 bits per heavy atom. The molecule has 1 fully saturated rings. The van der Waals surface area contributed by atoms with Crippen LogP contribution < -0.4 is 5.14 Å². The molecule has 0 spiro atoms. The van der Waals surface area contributed by atoms with Crippen molar-refractivity contribution in [1.82, 2.24) is 9.47 Å². The van der Waals surface area contributed by atoms with Gasteiger partial charge in [-0.15, -0.1) is 0 Å². The lowest BCUT2D eigenvalue weighted by Crippen LogP contribution is -2.50. The van der Waals surface area contributed by atoms with Crippen LogP contribution in [0.25, 0.3) is 0 Å². The molecule has 0 bridgehead atoms. The molecule has 3 N–H and O–H groups in total. The number of hydrogen-bond donors (Lipinski definition) is 2. The lowest BCUT2D eigenvalue weighted by Gasteiger charge is -2.32. The van der Waals surface area contributed by atoms with Crippen molar-refractivity contribution in [3.63, 3.8) is 0 Å². The van der Waals surface area contributed by atoms with Gasteiger partial charge in [-0.05, 0) is 6.07 Å². The topological polar surface area (TPSA) is 123 Å². The minimum atomic E-state index is -3.91. The highest BCUT2D eigenvalue weighted by atomic mass is 32.2. The maximum absolute atomic E-state index is 12.5. The van der Waals surface area contributed by atoms with Gasteiger partial charge in [0.2, 0.25) is 10.0 Å². The van der Waals surface area contributed by atoms with E-state index >= 15 is 0 Å². The van der Waals surface area contributed by atoms with Gasteiger partial charge in [0.05, 0.1) is 0 Å². The van der Waals surface area contributed by atoms with Crippen molar-refractivity contribution in [3.8, 4) is 0 Å². The Morgan fingerprint density at radius 1 is 1.48 bits per heavy atom. The summed E-state index contributed by atoms with van der Waals surface area (Å²) < 4.78 is 24.0. The van der Waals surface area contributed by atoms with Gasteiger partial charge in [-0.2, -0.15) is 11.8 Å². The predicted octanol–water partition coefficient (Wildman–Crippen LogP) is -0.685. The van der Waals surface area contributed by atoms with E-state index in [4.69, 9.17) is 5.14 Å². The van der Waals surface area contributed by atoms with E-state index in [9.17, 15) is 23.1 Å². The maximum Gasteiger partial charge on any atom is 0.327 e. The summed E-state index contributed by atoms with van der Waals surface area (Å²) in [6.45, 7) is 0.302. The second kappa shape index (κ2) is 5.70. The first-order valence-electron chi connectivity index (χ1n) is 6.02. The predicted molar refractivity (Wildman–Crippen MR) is 76.6 cm³/mol. The maximum atomic E-state index is 12.5. The van der Waals surface area contributed by atoms with Crippen molar-refractivity contribution in [2.24, 2.45) is 12.2 Å². The van der Waals surface area contributed by atoms with Crippen LogP contribution in [-0.4, -0.2) is 59.0 Å². The number of nitrogens with zero attached hydrogens (tertiary/aromatic N) is 2. The van der Waals surface area contributed by atoms with Crippen LogP contribution in [-0.2, 0) is 21.9 Å². The summed E-state index contributed by atoms with van der Waals surface area (Å²) in [5, 5.41) is 14.2. The van der Waals surface area contributed by atoms with Gasteiger partial charge in [0.1, 0.15) is 16.6 Å². The molecule has 1 atom stereocenters. The molecule has 1 aliphatic heterocycles. The smallest absolute Gasteiger partial charge is 0.327 e. The summed E-state index contributed by atoms with van der Waals surface area (Å²) in [5.41, 5.74) is 0.0946.